The SMILES string of the molecule is Cc1ccc(-c2[c-]cccc2)nc1.Cc1cccnc1-c1[c-]cc2c(c1)-c1ccccc1C(C)(C)C2(C)C.[Ir]. The number of fused-ring (bicyclic) bond motifs is 3. The summed E-state index contributed by atoms with van der Waals surface area (Å²) in [4.78, 5) is 8.90. The van der Waals surface area contributed by atoms with Crippen LogP contribution in [0.5, 0.6) is 0 Å². The molecule has 0 spiro atoms. The molecule has 2 aromatic heterocycles. The second-order valence-electron chi connectivity index (χ2n) is 11.1. The Bertz CT molecular complexity index is 1570. The third-order valence-electron chi connectivity index (χ3n) is 8.24. The summed E-state index contributed by atoms with van der Waals surface area (Å²) in [6.07, 6.45) is 3.73. The Morgan fingerprint density at radius 2 is 1.41 bits per heavy atom. The van der Waals surface area contributed by atoms with E-state index >= 15 is 0 Å². The molecule has 0 unspecified atom stereocenters. The van der Waals surface area contributed by atoms with E-state index in [0.717, 1.165) is 22.5 Å². The first kappa shape index (κ1) is 28.6. The van der Waals surface area contributed by atoms with E-state index < -0.39 is 0 Å². The maximum atomic E-state index is 4.59. The van der Waals surface area contributed by atoms with Crippen LogP contribution in [0.3, 0.4) is 0 Å². The van der Waals surface area contributed by atoms with Gasteiger partial charge in [0.2, 0.25) is 0 Å². The first-order valence-electron chi connectivity index (χ1n) is 13.2. The molecule has 2 nitrogen and oxygen atoms in total. The molecule has 6 rings (SSSR count). The molecule has 0 amide bonds. The van der Waals surface area contributed by atoms with Gasteiger partial charge in [-0.25, -0.2) is 0 Å². The van der Waals surface area contributed by atoms with E-state index in [0.29, 0.717) is 0 Å². The predicted molar refractivity (Wildman–Crippen MR) is 158 cm³/mol. The molecule has 0 saturated heterocycles. The summed E-state index contributed by atoms with van der Waals surface area (Å²) >= 11 is 0. The van der Waals surface area contributed by atoms with Crippen molar-refractivity contribution in [3.63, 3.8) is 0 Å². The fourth-order valence-electron chi connectivity index (χ4n) is 5.25. The van der Waals surface area contributed by atoms with Crippen LogP contribution < -0.4 is 0 Å². The van der Waals surface area contributed by atoms with Gasteiger partial charge in [0.1, 0.15) is 0 Å². The number of aromatic nitrogens is 2. The minimum Gasteiger partial charge on any atom is -0.304 e. The van der Waals surface area contributed by atoms with Crippen LogP contribution in [0.1, 0.15) is 49.9 Å². The summed E-state index contributed by atoms with van der Waals surface area (Å²) in [5.41, 5.74) is 12.0. The van der Waals surface area contributed by atoms with Crippen molar-refractivity contribution in [3.8, 4) is 33.6 Å². The third kappa shape index (κ3) is 5.39. The summed E-state index contributed by atoms with van der Waals surface area (Å²) in [5, 5.41) is 0. The van der Waals surface area contributed by atoms with Crippen molar-refractivity contribution in [2.45, 2.75) is 52.4 Å². The Morgan fingerprint density at radius 3 is 2.10 bits per heavy atom. The van der Waals surface area contributed by atoms with Gasteiger partial charge in [0.05, 0.1) is 0 Å². The van der Waals surface area contributed by atoms with Crippen LogP contribution in [0.2, 0.25) is 0 Å². The molecule has 0 fully saturated rings. The van der Waals surface area contributed by atoms with E-state index in [2.05, 4.69) is 105 Å². The van der Waals surface area contributed by atoms with Gasteiger partial charge in [-0.05, 0) is 58.8 Å². The van der Waals surface area contributed by atoms with Crippen LogP contribution >= 0.6 is 0 Å². The van der Waals surface area contributed by atoms with Gasteiger partial charge in [-0.2, -0.15) is 0 Å². The summed E-state index contributed by atoms with van der Waals surface area (Å²) in [6.45, 7) is 13.5. The molecule has 2 heterocycles. The van der Waals surface area contributed by atoms with E-state index in [4.69, 9.17) is 0 Å². The van der Waals surface area contributed by atoms with Crippen LogP contribution in [0.4, 0.5) is 0 Å². The molecular formula is C36H34IrN2-2. The summed E-state index contributed by atoms with van der Waals surface area (Å²) in [7, 11) is 0. The Morgan fingerprint density at radius 1 is 0.667 bits per heavy atom. The average molecular weight is 687 g/mol. The number of rotatable bonds is 2. The third-order valence-corrected chi connectivity index (χ3v) is 8.24. The van der Waals surface area contributed by atoms with Crippen molar-refractivity contribution < 1.29 is 20.1 Å². The van der Waals surface area contributed by atoms with Crippen molar-refractivity contribution in [1.29, 1.82) is 0 Å². The van der Waals surface area contributed by atoms with Gasteiger partial charge in [0.15, 0.2) is 0 Å². The zero-order valence-electron chi connectivity index (χ0n) is 23.5. The summed E-state index contributed by atoms with van der Waals surface area (Å²) in [5.74, 6) is 0. The van der Waals surface area contributed by atoms with Gasteiger partial charge in [0, 0.05) is 32.5 Å². The maximum Gasteiger partial charge on any atom is 0.0190 e. The molecule has 199 valence electrons. The number of nitrogens with zero attached hydrogens (tertiary/aromatic N) is 2. The van der Waals surface area contributed by atoms with E-state index in [1.807, 2.05) is 55.7 Å². The van der Waals surface area contributed by atoms with Crippen LogP contribution in [0.25, 0.3) is 33.6 Å². The van der Waals surface area contributed by atoms with Gasteiger partial charge in [-0.15, -0.1) is 65.2 Å². The zero-order valence-corrected chi connectivity index (χ0v) is 25.9. The molecule has 0 aliphatic heterocycles. The fraction of sp³-hybridized carbons (Fsp3) is 0.222. The quantitative estimate of drug-likeness (QED) is 0.173. The van der Waals surface area contributed by atoms with E-state index in [-0.39, 0.29) is 30.9 Å². The average Bonchev–Trinajstić information content (AvgIpc) is 2.93. The molecule has 0 saturated carbocycles. The van der Waals surface area contributed by atoms with Gasteiger partial charge >= 0.3 is 0 Å². The molecule has 39 heavy (non-hydrogen) atoms. The second kappa shape index (κ2) is 11.4. The van der Waals surface area contributed by atoms with Crippen molar-refractivity contribution in [3.05, 3.63) is 132 Å². The largest absolute Gasteiger partial charge is 0.304 e. The Kier molecular flexibility index (Phi) is 8.35. The molecule has 0 atom stereocenters. The van der Waals surface area contributed by atoms with Crippen molar-refractivity contribution in [1.82, 2.24) is 9.97 Å². The van der Waals surface area contributed by atoms with Crippen LogP contribution in [0.15, 0.2) is 97.3 Å². The summed E-state index contributed by atoms with van der Waals surface area (Å²) in [6, 6.07) is 36.0. The Hall–Kier alpha value is -3.39. The Balaban J connectivity index is 0.000000213. The zero-order chi connectivity index (χ0) is 26.9. The van der Waals surface area contributed by atoms with Gasteiger partial charge in [-0.1, -0.05) is 81.3 Å². The first-order valence-corrected chi connectivity index (χ1v) is 13.2. The van der Waals surface area contributed by atoms with E-state index in [9.17, 15) is 0 Å². The monoisotopic (exact) mass is 687 g/mol. The smallest absolute Gasteiger partial charge is 0.0190 e. The fourth-order valence-corrected chi connectivity index (χ4v) is 5.25. The molecule has 3 aromatic carbocycles. The molecule has 0 bridgehead atoms. The second-order valence-corrected chi connectivity index (χ2v) is 11.1. The van der Waals surface area contributed by atoms with Crippen molar-refractivity contribution >= 4 is 0 Å². The maximum absolute atomic E-state index is 4.59. The number of hydrogen-bond acceptors (Lipinski definition) is 2. The Labute approximate surface area is 246 Å². The number of pyridine rings is 2. The molecule has 0 N–H and O–H groups in total. The van der Waals surface area contributed by atoms with E-state index in [1.165, 1.54) is 33.4 Å². The van der Waals surface area contributed by atoms with Crippen LogP contribution in [0, 0.1) is 26.0 Å². The molecule has 1 aliphatic rings. The van der Waals surface area contributed by atoms with Gasteiger partial charge < -0.3 is 9.97 Å². The number of benzene rings is 3. The molecule has 1 aliphatic carbocycles. The molecule has 3 heteroatoms. The molecule has 5 aromatic rings. The minimum absolute atomic E-state index is 0. The predicted octanol–water partition coefficient (Wildman–Crippen LogP) is 8.95. The number of hydrogen-bond donors (Lipinski definition) is 0. The van der Waals surface area contributed by atoms with Crippen LogP contribution in [-0.4, -0.2) is 9.97 Å². The molecular weight excluding hydrogens is 653 g/mol. The van der Waals surface area contributed by atoms with Gasteiger partial charge in [0.25, 0.3) is 0 Å². The standard InChI is InChI=1S/C24H24N.C12H10N.Ir/c1-16-9-8-14-25-22(16)17-12-13-21-19(15-17)18-10-6-7-11-20(18)23(2,3)24(21,4)5;1-10-7-8-12(13-9-10)11-5-3-2-4-6-11;/h6-11,13-15H,1-5H3;2-5,7-9H,1H3;/q2*-1;. The van der Waals surface area contributed by atoms with Gasteiger partial charge in [-0.3, -0.25) is 0 Å². The number of aryl methyl sites for hydroxylation is 2. The van der Waals surface area contributed by atoms with E-state index in [1.54, 1.807) is 0 Å². The molecule has 1 radical (unpaired) electrons. The summed E-state index contributed by atoms with van der Waals surface area (Å²) < 4.78 is 0. The van der Waals surface area contributed by atoms with Crippen LogP contribution in [-0.2, 0) is 30.9 Å². The van der Waals surface area contributed by atoms with Crippen molar-refractivity contribution in [2.24, 2.45) is 0 Å². The normalized spacial score (nSPS) is 14.1. The first-order chi connectivity index (χ1) is 18.2. The minimum atomic E-state index is 0. The van der Waals surface area contributed by atoms with Crippen molar-refractivity contribution in [2.75, 3.05) is 0 Å². The topological polar surface area (TPSA) is 25.8 Å².